The Morgan fingerprint density at radius 2 is 2.18 bits per heavy atom. The Morgan fingerprint density at radius 3 is 2.88 bits per heavy atom. The summed E-state index contributed by atoms with van der Waals surface area (Å²) in [5.41, 5.74) is 1.95. The van der Waals surface area contributed by atoms with Crippen molar-refractivity contribution in [1.29, 1.82) is 0 Å². The van der Waals surface area contributed by atoms with Gasteiger partial charge in [-0.25, -0.2) is 4.98 Å². The first kappa shape index (κ1) is 9.96. The monoisotopic (exact) mass is 228 g/mol. The minimum absolute atomic E-state index is 0.766. The molecule has 0 aliphatic heterocycles. The van der Waals surface area contributed by atoms with Crippen LogP contribution in [0.15, 0.2) is 41.0 Å². The molecule has 2 aromatic heterocycles. The molecule has 3 rings (SSSR count). The van der Waals surface area contributed by atoms with Gasteiger partial charge in [-0.15, -0.1) is 0 Å². The first-order valence-electron chi connectivity index (χ1n) is 5.34. The number of imidazole rings is 1. The van der Waals surface area contributed by atoms with E-state index in [1.165, 1.54) is 0 Å². The number of nitrogens with zero attached hydrogens (tertiary/aromatic N) is 2. The molecular formula is C13H12N2O2. The van der Waals surface area contributed by atoms with E-state index in [0.29, 0.717) is 0 Å². The molecule has 0 unspecified atom stereocenters. The SMILES string of the molecule is COc1ccc2c(c1)nc(-c1ccco1)n2C. The Bertz CT molecular complexity index is 653. The van der Waals surface area contributed by atoms with Crippen molar-refractivity contribution >= 4 is 11.0 Å². The van der Waals surface area contributed by atoms with E-state index in [1.54, 1.807) is 13.4 Å². The maximum absolute atomic E-state index is 5.37. The lowest BCUT2D eigenvalue weighted by atomic mass is 10.3. The number of aryl methyl sites for hydroxylation is 1. The smallest absolute Gasteiger partial charge is 0.176 e. The summed E-state index contributed by atoms with van der Waals surface area (Å²) in [6, 6.07) is 9.60. The molecule has 2 heterocycles. The largest absolute Gasteiger partial charge is 0.497 e. The lowest BCUT2D eigenvalue weighted by Gasteiger charge is -2.00. The van der Waals surface area contributed by atoms with E-state index >= 15 is 0 Å². The normalized spacial score (nSPS) is 10.9. The van der Waals surface area contributed by atoms with Crippen molar-refractivity contribution in [2.75, 3.05) is 7.11 Å². The second-order valence-corrected chi connectivity index (χ2v) is 3.83. The van der Waals surface area contributed by atoms with Crippen molar-refractivity contribution in [2.24, 2.45) is 7.05 Å². The minimum Gasteiger partial charge on any atom is -0.497 e. The third kappa shape index (κ3) is 1.49. The lowest BCUT2D eigenvalue weighted by molar-refractivity contribution is 0.415. The summed E-state index contributed by atoms with van der Waals surface area (Å²) in [7, 11) is 3.62. The van der Waals surface area contributed by atoms with E-state index in [1.807, 2.05) is 41.9 Å². The number of hydrogen-bond donors (Lipinski definition) is 0. The van der Waals surface area contributed by atoms with Gasteiger partial charge in [0, 0.05) is 13.1 Å². The molecule has 17 heavy (non-hydrogen) atoms. The summed E-state index contributed by atoms with van der Waals surface area (Å²) in [6.45, 7) is 0. The average Bonchev–Trinajstić information content (AvgIpc) is 2.97. The van der Waals surface area contributed by atoms with Crippen LogP contribution in [0, 0.1) is 0 Å². The molecule has 0 aliphatic rings. The van der Waals surface area contributed by atoms with Gasteiger partial charge in [-0.05, 0) is 24.3 Å². The standard InChI is InChI=1S/C13H12N2O2/c1-15-11-6-5-9(16-2)8-10(11)14-13(15)12-4-3-7-17-12/h3-8H,1-2H3. The Kier molecular flexibility index (Phi) is 2.14. The van der Waals surface area contributed by atoms with Crippen molar-refractivity contribution in [1.82, 2.24) is 9.55 Å². The lowest BCUT2D eigenvalue weighted by Crippen LogP contribution is -1.90. The van der Waals surface area contributed by atoms with Gasteiger partial charge in [0.25, 0.3) is 0 Å². The second-order valence-electron chi connectivity index (χ2n) is 3.83. The second kappa shape index (κ2) is 3.66. The van der Waals surface area contributed by atoms with Crippen LogP contribution in [0.3, 0.4) is 0 Å². The number of furan rings is 1. The fourth-order valence-electron chi connectivity index (χ4n) is 1.93. The number of benzene rings is 1. The van der Waals surface area contributed by atoms with E-state index in [9.17, 15) is 0 Å². The zero-order valence-electron chi connectivity index (χ0n) is 9.68. The zero-order valence-corrected chi connectivity index (χ0v) is 9.68. The summed E-state index contributed by atoms with van der Waals surface area (Å²) in [4.78, 5) is 4.55. The topological polar surface area (TPSA) is 40.2 Å². The van der Waals surface area contributed by atoms with E-state index in [2.05, 4.69) is 4.98 Å². The molecule has 0 amide bonds. The van der Waals surface area contributed by atoms with Crippen LogP contribution in [0.2, 0.25) is 0 Å². The highest BCUT2D eigenvalue weighted by atomic mass is 16.5. The van der Waals surface area contributed by atoms with Gasteiger partial charge in [0.15, 0.2) is 11.6 Å². The fourth-order valence-corrected chi connectivity index (χ4v) is 1.93. The average molecular weight is 228 g/mol. The van der Waals surface area contributed by atoms with Gasteiger partial charge in [-0.2, -0.15) is 0 Å². The first-order valence-corrected chi connectivity index (χ1v) is 5.34. The number of methoxy groups -OCH3 is 1. The molecule has 0 fully saturated rings. The van der Waals surface area contributed by atoms with E-state index < -0.39 is 0 Å². The molecule has 0 N–H and O–H groups in total. The Labute approximate surface area is 98.4 Å². The molecule has 0 radical (unpaired) electrons. The molecule has 0 saturated heterocycles. The van der Waals surface area contributed by atoms with Gasteiger partial charge in [0.1, 0.15) is 5.75 Å². The predicted molar refractivity (Wildman–Crippen MR) is 65.0 cm³/mol. The molecule has 1 aromatic carbocycles. The van der Waals surface area contributed by atoms with Gasteiger partial charge >= 0.3 is 0 Å². The molecule has 0 spiro atoms. The molecule has 0 bridgehead atoms. The predicted octanol–water partition coefficient (Wildman–Crippen LogP) is 2.84. The number of rotatable bonds is 2. The van der Waals surface area contributed by atoms with Crippen molar-refractivity contribution in [2.45, 2.75) is 0 Å². The van der Waals surface area contributed by atoms with Gasteiger partial charge in [-0.3, -0.25) is 0 Å². The van der Waals surface area contributed by atoms with Crippen LogP contribution in [0.5, 0.6) is 5.75 Å². The van der Waals surface area contributed by atoms with Crippen LogP contribution in [0.4, 0.5) is 0 Å². The quantitative estimate of drug-likeness (QED) is 0.677. The minimum atomic E-state index is 0.766. The highest BCUT2D eigenvalue weighted by molar-refractivity contribution is 5.81. The molecular weight excluding hydrogens is 216 g/mol. The third-order valence-electron chi connectivity index (χ3n) is 2.83. The Morgan fingerprint density at radius 1 is 1.29 bits per heavy atom. The molecule has 3 aromatic rings. The van der Waals surface area contributed by atoms with Gasteiger partial charge < -0.3 is 13.7 Å². The van der Waals surface area contributed by atoms with Crippen LogP contribution in [0.25, 0.3) is 22.6 Å². The van der Waals surface area contributed by atoms with Gasteiger partial charge in [-0.1, -0.05) is 0 Å². The number of aromatic nitrogens is 2. The first-order chi connectivity index (χ1) is 8.29. The molecule has 0 aliphatic carbocycles. The van der Waals surface area contributed by atoms with Crippen LogP contribution < -0.4 is 4.74 Å². The van der Waals surface area contributed by atoms with Gasteiger partial charge in [0.05, 0.1) is 24.4 Å². The summed E-state index contributed by atoms with van der Waals surface area (Å²) in [5, 5.41) is 0. The van der Waals surface area contributed by atoms with Crippen molar-refractivity contribution in [3.8, 4) is 17.3 Å². The van der Waals surface area contributed by atoms with Crippen molar-refractivity contribution in [3.63, 3.8) is 0 Å². The van der Waals surface area contributed by atoms with Crippen LogP contribution >= 0.6 is 0 Å². The maximum Gasteiger partial charge on any atom is 0.176 e. The van der Waals surface area contributed by atoms with Crippen molar-refractivity contribution < 1.29 is 9.15 Å². The summed E-state index contributed by atoms with van der Waals surface area (Å²) in [5.74, 6) is 2.39. The van der Waals surface area contributed by atoms with E-state index in [0.717, 1.165) is 28.4 Å². The van der Waals surface area contributed by atoms with Crippen LogP contribution in [-0.4, -0.2) is 16.7 Å². The van der Waals surface area contributed by atoms with E-state index in [4.69, 9.17) is 9.15 Å². The van der Waals surface area contributed by atoms with E-state index in [-0.39, 0.29) is 0 Å². The van der Waals surface area contributed by atoms with Crippen molar-refractivity contribution in [3.05, 3.63) is 36.6 Å². The highest BCUT2D eigenvalue weighted by Crippen LogP contribution is 2.26. The number of ether oxygens (including phenoxy) is 1. The van der Waals surface area contributed by atoms with Crippen LogP contribution in [0.1, 0.15) is 0 Å². The molecule has 86 valence electrons. The summed E-state index contributed by atoms with van der Waals surface area (Å²) >= 11 is 0. The summed E-state index contributed by atoms with van der Waals surface area (Å²) < 4.78 is 12.6. The molecule has 0 saturated carbocycles. The Balaban J connectivity index is 2.24. The third-order valence-corrected chi connectivity index (χ3v) is 2.83. The summed E-state index contributed by atoms with van der Waals surface area (Å²) in [6.07, 6.45) is 1.65. The molecule has 4 heteroatoms. The molecule has 0 atom stereocenters. The fraction of sp³-hybridized carbons (Fsp3) is 0.154. The Hall–Kier alpha value is -2.23. The number of hydrogen-bond acceptors (Lipinski definition) is 3. The van der Waals surface area contributed by atoms with Gasteiger partial charge in [0.2, 0.25) is 0 Å². The zero-order chi connectivity index (χ0) is 11.8. The highest BCUT2D eigenvalue weighted by Gasteiger charge is 2.12. The van der Waals surface area contributed by atoms with Crippen LogP contribution in [-0.2, 0) is 7.05 Å². The number of fused-ring (bicyclic) bond motifs is 1. The maximum atomic E-state index is 5.37. The molecule has 4 nitrogen and oxygen atoms in total.